The van der Waals surface area contributed by atoms with E-state index in [0.29, 0.717) is 40.3 Å². The van der Waals surface area contributed by atoms with Gasteiger partial charge in [0.25, 0.3) is 0 Å². The van der Waals surface area contributed by atoms with Crippen molar-refractivity contribution < 1.29 is 14.2 Å². The Morgan fingerprint density at radius 1 is 1.44 bits per heavy atom. The van der Waals surface area contributed by atoms with Gasteiger partial charge < -0.3 is 14.2 Å². The maximum Gasteiger partial charge on any atom is 0.216 e. The van der Waals surface area contributed by atoms with Crippen molar-refractivity contribution in [3.05, 3.63) is 33.3 Å². The molecule has 0 aliphatic carbocycles. The molecule has 2 heterocycles. The molecule has 1 saturated heterocycles. The van der Waals surface area contributed by atoms with Gasteiger partial charge in [0, 0.05) is 6.61 Å². The normalized spacial score (nSPS) is 16.9. The van der Waals surface area contributed by atoms with Crippen molar-refractivity contribution in [2.24, 2.45) is 5.10 Å². The summed E-state index contributed by atoms with van der Waals surface area (Å²) >= 11 is 11.7. The third kappa shape index (κ3) is 4.69. The minimum absolute atomic E-state index is 0.0949. The first-order chi connectivity index (χ1) is 13.1. The van der Waals surface area contributed by atoms with Gasteiger partial charge in [-0.05, 0) is 56.1 Å². The van der Waals surface area contributed by atoms with Crippen molar-refractivity contribution in [1.29, 1.82) is 0 Å². The number of hydrogen-bond donors (Lipinski definition) is 1. The molecule has 2 aromatic rings. The van der Waals surface area contributed by atoms with E-state index in [1.54, 1.807) is 17.0 Å². The zero-order chi connectivity index (χ0) is 19.2. The van der Waals surface area contributed by atoms with Crippen molar-refractivity contribution in [2.75, 3.05) is 19.8 Å². The summed E-state index contributed by atoms with van der Waals surface area (Å²) in [5, 5.41) is 12.0. The summed E-state index contributed by atoms with van der Waals surface area (Å²) in [7, 11) is 0. The van der Waals surface area contributed by atoms with Crippen LogP contribution in [0, 0.1) is 4.77 Å². The Balaban J connectivity index is 1.89. The maximum absolute atomic E-state index is 6.40. The minimum Gasteiger partial charge on any atom is -0.490 e. The highest BCUT2D eigenvalue weighted by molar-refractivity contribution is 7.71. The number of halogens is 1. The fourth-order valence-electron chi connectivity index (χ4n) is 2.80. The molecule has 9 heteroatoms. The smallest absolute Gasteiger partial charge is 0.216 e. The lowest BCUT2D eigenvalue weighted by Crippen LogP contribution is -2.05. The predicted octanol–water partition coefficient (Wildman–Crippen LogP) is 4.52. The van der Waals surface area contributed by atoms with Crippen LogP contribution in [0.25, 0.3) is 0 Å². The highest BCUT2D eigenvalue weighted by Gasteiger charge is 2.23. The van der Waals surface area contributed by atoms with E-state index in [-0.39, 0.29) is 6.10 Å². The summed E-state index contributed by atoms with van der Waals surface area (Å²) in [6.45, 7) is 5.75. The van der Waals surface area contributed by atoms with Gasteiger partial charge in [0.15, 0.2) is 17.3 Å². The van der Waals surface area contributed by atoms with Crippen LogP contribution in [0.2, 0.25) is 5.02 Å². The number of hydrogen-bond acceptors (Lipinski definition) is 6. The van der Waals surface area contributed by atoms with Gasteiger partial charge in [-0.25, -0.2) is 0 Å². The molecular weight excluding hydrogens is 388 g/mol. The van der Waals surface area contributed by atoms with Gasteiger partial charge in [0.2, 0.25) is 4.77 Å². The van der Waals surface area contributed by atoms with E-state index in [4.69, 9.17) is 38.0 Å². The Morgan fingerprint density at radius 2 is 2.30 bits per heavy atom. The van der Waals surface area contributed by atoms with Crippen molar-refractivity contribution in [3.63, 3.8) is 0 Å². The molecule has 1 aromatic heterocycles. The van der Waals surface area contributed by atoms with Gasteiger partial charge in [-0.1, -0.05) is 18.5 Å². The Hall–Kier alpha value is -1.90. The van der Waals surface area contributed by atoms with Crippen molar-refractivity contribution in [2.45, 2.75) is 39.2 Å². The van der Waals surface area contributed by atoms with E-state index in [9.17, 15) is 0 Å². The third-order valence-corrected chi connectivity index (χ3v) is 4.54. The zero-order valence-electron chi connectivity index (χ0n) is 15.4. The number of benzene rings is 1. The average Bonchev–Trinajstić information content (AvgIpc) is 3.29. The molecule has 1 aromatic carbocycles. The molecule has 1 aliphatic rings. The summed E-state index contributed by atoms with van der Waals surface area (Å²) in [6.07, 6.45) is 4.36. The fraction of sp³-hybridized carbons (Fsp3) is 0.500. The lowest BCUT2D eigenvalue weighted by Gasteiger charge is -2.14. The molecule has 3 rings (SSSR count). The highest BCUT2D eigenvalue weighted by Crippen LogP contribution is 2.36. The fourth-order valence-corrected chi connectivity index (χ4v) is 3.26. The highest BCUT2D eigenvalue weighted by atomic mass is 35.5. The summed E-state index contributed by atoms with van der Waals surface area (Å²) in [6, 6.07) is 3.63. The van der Waals surface area contributed by atoms with Gasteiger partial charge in [-0.3, -0.25) is 5.10 Å². The van der Waals surface area contributed by atoms with E-state index < -0.39 is 0 Å². The van der Waals surface area contributed by atoms with Gasteiger partial charge in [0.1, 0.15) is 6.10 Å². The molecule has 0 amide bonds. The van der Waals surface area contributed by atoms with Crippen LogP contribution in [0.1, 0.15) is 50.6 Å². The van der Waals surface area contributed by atoms with Crippen LogP contribution in [0.3, 0.4) is 0 Å². The van der Waals surface area contributed by atoms with Crippen LogP contribution in [0.5, 0.6) is 11.5 Å². The van der Waals surface area contributed by atoms with E-state index >= 15 is 0 Å². The number of nitrogens with one attached hydrogen (secondary N) is 1. The molecule has 0 radical (unpaired) electrons. The van der Waals surface area contributed by atoms with E-state index in [0.717, 1.165) is 31.4 Å². The van der Waals surface area contributed by atoms with Gasteiger partial charge >= 0.3 is 0 Å². The van der Waals surface area contributed by atoms with Gasteiger partial charge in [0.05, 0.1) is 24.5 Å². The van der Waals surface area contributed by atoms with Gasteiger partial charge in [-0.15, -0.1) is 0 Å². The quantitative estimate of drug-likeness (QED) is 0.511. The number of aromatic nitrogens is 3. The third-order valence-electron chi connectivity index (χ3n) is 4.00. The number of ether oxygens (including phenoxy) is 3. The Labute approximate surface area is 168 Å². The summed E-state index contributed by atoms with van der Waals surface area (Å²) in [5.41, 5.74) is 0.772. The standard InChI is InChI=1S/C18H23ClN4O3S/c1-3-7-26-16-13(19)9-12(10-15(16)24-4-2)11-20-23-17(21-22-18(23)27)14-6-5-8-25-14/h9-11,14H,3-8H2,1-2H3,(H,22,27)/b20-11-. The summed E-state index contributed by atoms with van der Waals surface area (Å²) in [4.78, 5) is 0. The predicted molar refractivity (Wildman–Crippen MR) is 107 cm³/mol. The Morgan fingerprint density at radius 3 is 3.00 bits per heavy atom. The number of rotatable bonds is 8. The molecule has 0 bridgehead atoms. The van der Waals surface area contributed by atoms with E-state index in [1.165, 1.54) is 0 Å². The first-order valence-corrected chi connectivity index (χ1v) is 9.85. The molecule has 1 aliphatic heterocycles. The van der Waals surface area contributed by atoms with Crippen LogP contribution in [0.15, 0.2) is 17.2 Å². The molecule has 0 spiro atoms. The van der Waals surface area contributed by atoms with Crippen molar-refractivity contribution >= 4 is 30.0 Å². The first kappa shape index (κ1) is 19.9. The SMILES string of the molecule is CCCOc1c(Cl)cc(/C=N\n2c(C3CCCO3)n[nH]c2=S)cc1OCC. The molecule has 146 valence electrons. The van der Waals surface area contributed by atoms with Crippen LogP contribution in [-0.2, 0) is 4.74 Å². The number of aromatic amines is 1. The maximum atomic E-state index is 6.40. The molecule has 27 heavy (non-hydrogen) atoms. The van der Waals surface area contributed by atoms with Gasteiger partial charge in [-0.2, -0.15) is 14.9 Å². The second kappa shape index (κ2) is 9.34. The Kier molecular flexibility index (Phi) is 6.87. The molecule has 1 fully saturated rings. The lowest BCUT2D eigenvalue weighted by atomic mass is 10.2. The Bertz CT molecular complexity index is 859. The summed E-state index contributed by atoms with van der Waals surface area (Å²) in [5.74, 6) is 1.82. The second-order valence-electron chi connectivity index (χ2n) is 6.06. The topological polar surface area (TPSA) is 73.7 Å². The van der Waals surface area contributed by atoms with Crippen LogP contribution in [-0.4, -0.2) is 40.9 Å². The lowest BCUT2D eigenvalue weighted by molar-refractivity contribution is 0.102. The van der Waals surface area contributed by atoms with Crippen LogP contribution in [0.4, 0.5) is 0 Å². The van der Waals surface area contributed by atoms with Crippen LogP contribution >= 0.6 is 23.8 Å². The van der Waals surface area contributed by atoms with E-state index in [1.807, 2.05) is 19.9 Å². The average molecular weight is 411 g/mol. The largest absolute Gasteiger partial charge is 0.490 e. The minimum atomic E-state index is -0.0949. The molecular formula is C18H23ClN4O3S. The molecule has 1 atom stereocenters. The van der Waals surface area contributed by atoms with Crippen molar-refractivity contribution in [3.8, 4) is 11.5 Å². The second-order valence-corrected chi connectivity index (χ2v) is 6.85. The molecule has 1 unspecified atom stereocenters. The first-order valence-electron chi connectivity index (χ1n) is 9.06. The monoisotopic (exact) mass is 410 g/mol. The molecule has 7 nitrogen and oxygen atoms in total. The number of nitrogens with zero attached hydrogens (tertiary/aromatic N) is 3. The van der Waals surface area contributed by atoms with Crippen molar-refractivity contribution in [1.82, 2.24) is 14.9 Å². The molecule has 0 saturated carbocycles. The molecule has 1 N–H and O–H groups in total. The zero-order valence-corrected chi connectivity index (χ0v) is 17.0. The van der Waals surface area contributed by atoms with E-state index in [2.05, 4.69) is 15.3 Å². The number of H-pyrrole nitrogens is 1. The van der Waals surface area contributed by atoms with Crippen LogP contribution < -0.4 is 9.47 Å². The summed E-state index contributed by atoms with van der Waals surface area (Å²) < 4.78 is 19.1.